The number of aryl methyl sites for hydroxylation is 1. The first-order valence-electron chi connectivity index (χ1n) is 8.04. The van der Waals surface area contributed by atoms with Crippen LogP contribution in [0.3, 0.4) is 0 Å². The number of rotatable bonds is 6. The lowest BCUT2D eigenvalue weighted by Gasteiger charge is -2.26. The van der Waals surface area contributed by atoms with Gasteiger partial charge in [0, 0.05) is 19.0 Å². The van der Waals surface area contributed by atoms with Gasteiger partial charge < -0.3 is 11.1 Å². The average molecular weight is 276 g/mol. The molecule has 0 aliphatic heterocycles. The van der Waals surface area contributed by atoms with Crippen molar-refractivity contribution in [3.63, 3.8) is 0 Å². The lowest BCUT2D eigenvalue weighted by Crippen LogP contribution is -2.17. The van der Waals surface area contributed by atoms with E-state index in [9.17, 15) is 0 Å². The molecule has 1 aromatic heterocycles. The topological polar surface area (TPSA) is 63.8 Å². The average Bonchev–Trinajstić information content (AvgIpc) is 2.38. The van der Waals surface area contributed by atoms with E-state index in [-0.39, 0.29) is 0 Å². The molecule has 1 aliphatic rings. The van der Waals surface area contributed by atoms with E-state index in [4.69, 9.17) is 5.73 Å². The first-order valence-corrected chi connectivity index (χ1v) is 8.04. The number of hydrogen-bond donors (Lipinski definition) is 2. The molecule has 0 saturated heterocycles. The first-order chi connectivity index (χ1) is 9.67. The van der Waals surface area contributed by atoms with Crippen LogP contribution in [0, 0.1) is 11.8 Å². The van der Waals surface area contributed by atoms with Gasteiger partial charge in [0.2, 0.25) is 0 Å². The predicted octanol–water partition coefficient (Wildman–Crippen LogP) is 3.64. The van der Waals surface area contributed by atoms with E-state index in [1.54, 1.807) is 0 Å². The quantitative estimate of drug-likeness (QED) is 0.832. The second-order valence-electron chi connectivity index (χ2n) is 6.20. The smallest absolute Gasteiger partial charge is 0.133 e. The summed E-state index contributed by atoms with van der Waals surface area (Å²) in [7, 11) is 0. The van der Waals surface area contributed by atoms with Gasteiger partial charge in [-0.05, 0) is 31.1 Å². The summed E-state index contributed by atoms with van der Waals surface area (Å²) in [5, 5.41) is 3.42. The van der Waals surface area contributed by atoms with E-state index < -0.39 is 0 Å². The standard InChI is InChI=1S/C16H28N4/c1-3-5-15-19-14(17)11-16(20-15)18-9-8-13-7-4-6-12(2)10-13/h11-13H,3-10H2,1-2H3,(H3,17,18,19,20). The highest BCUT2D eigenvalue weighted by molar-refractivity contribution is 5.44. The zero-order chi connectivity index (χ0) is 14.4. The van der Waals surface area contributed by atoms with Gasteiger partial charge in [0.15, 0.2) is 0 Å². The molecule has 1 aromatic rings. The number of nitrogens with one attached hydrogen (secondary N) is 1. The Kier molecular flexibility index (Phi) is 5.62. The van der Waals surface area contributed by atoms with Crippen LogP contribution in [-0.2, 0) is 6.42 Å². The second kappa shape index (κ2) is 7.46. The van der Waals surface area contributed by atoms with Crippen molar-refractivity contribution in [2.45, 2.75) is 58.8 Å². The zero-order valence-electron chi connectivity index (χ0n) is 12.9. The lowest BCUT2D eigenvalue weighted by molar-refractivity contribution is 0.274. The lowest BCUT2D eigenvalue weighted by atomic mass is 9.81. The van der Waals surface area contributed by atoms with Gasteiger partial charge in [-0.15, -0.1) is 0 Å². The third-order valence-corrected chi connectivity index (χ3v) is 4.17. The van der Waals surface area contributed by atoms with E-state index in [1.807, 2.05) is 6.07 Å². The molecule has 0 amide bonds. The molecule has 0 aromatic carbocycles. The van der Waals surface area contributed by atoms with E-state index in [0.717, 1.165) is 42.9 Å². The molecule has 3 N–H and O–H groups in total. The van der Waals surface area contributed by atoms with Crippen LogP contribution in [0.2, 0.25) is 0 Å². The summed E-state index contributed by atoms with van der Waals surface area (Å²) in [4.78, 5) is 8.78. The van der Waals surface area contributed by atoms with Gasteiger partial charge in [0.25, 0.3) is 0 Å². The van der Waals surface area contributed by atoms with Crippen molar-refractivity contribution in [3.05, 3.63) is 11.9 Å². The van der Waals surface area contributed by atoms with Crippen LogP contribution < -0.4 is 11.1 Å². The monoisotopic (exact) mass is 276 g/mol. The third kappa shape index (κ3) is 4.66. The highest BCUT2D eigenvalue weighted by Gasteiger charge is 2.18. The van der Waals surface area contributed by atoms with Crippen LogP contribution in [0.15, 0.2) is 6.07 Å². The van der Waals surface area contributed by atoms with E-state index in [1.165, 1.54) is 32.1 Å². The van der Waals surface area contributed by atoms with Crippen LogP contribution in [0.1, 0.15) is 58.2 Å². The molecule has 0 bridgehead atoms. The van der Waals surface area contributed by atoms with Crippen LogP contribution in [0.4, 0.5) is 11.6 Å². The van der Waals surface area contributed by atoms with Gasteiger partial charge in [-0.25, -0.2) is 9.97 Å². The van der Waals surface area contributed by atoms with Crippen molar-refractivity contribution in [2.75, 3.05) is 17.6 Å². The molecule has 2 unspecified atom stereocenters. The number of anilines is 2. The molecule has 0 spiro atoms. The minimum atomic E-state index is 0.567. The summed E-state index contributed by atoms with van der Waals surface area (Å²) in [5.74, 6) is 4.07. The van der Waals surface area contributed by atoms with E-state index >= 15 is 0 Å². The molecule has 4 nitrogen and oxygen atoms in total. The molecule has 0 radical (unpaired) electrons. The summed E-state index contributed by atoms with van der Waals surface area (Å²) < 4.78 is 0. The fourth-order valence-electron chi connectivity index (χ4n) is 3.17. The Morgan fingerprint density at radius 1 is 1.35 bits per heavy atom. The Balaban J connectivity index is 1.81. The fraction of sp³-hybridized carbons (Fsp3) is 0.750. The summed E-state index contributed by atoms with van der Waals surface area (Å²) in [6.07, 6.45) is 8.74. The molecule has 2 atom stereocenters. The summed E-state index contributed by atoms with van der Waals surface area (Å²) in [6.45, 7) is 5.49. The van der Waals surface area contributed by atoms with Crippen molar-refractivity contribution >= 4 is 11.6 Å². The van der Waals surface area contributed by atoms with Gasteiger partial charge >= 0.3 is 0 Å². The minimum absolute atomic E-state index is 0.567. The van der Waals surface area contributed by atoms with Crippen molar-refractivity contribution in [3.8, 4) is 0 Å². The van der Waals surface area contributed by atoms with Crippen LogP contribution in [0.25, 0.3) is 0 Å². The molecule has 20 heavy (non-hydrogen) atoms. The molecule has 1 heterocycles. The number of nitrogens with zero attached hydrogens (tertiary/aromatic N) is 2. The van der Waals surface area contributed by atoms with Gasteiger partial charge in [0.1, 0.15) is 17.5 Å². The maximum Gasteiger partial charge on any atom is 0.133 e. The van der Waals surface area contributed by atoms with Gasteiger partial charge in [0.05, 0.1) is 0 Å². The first kappa shape index (κ1) is 15.1. The highest BCUT2D eigenvalue weighted by atomic mass is 15.0. The van der Waals surface area contributed by atoms with Crippen LogP contribution in [0.5, 0.6) is 0 Å². The molecular weight excluding hydrogens is 248 g/mol. The Bertz CT molecular complexity index is 419. The predicted molar refractivity (Wildman–Crippen MR) is 84.7 cm³/mol. The van der Waals surface area contributed by atoms with Crippen molar-refractivity contribution in [2.24, 2.45) is 11.8 Å². The molecular formula is C16H28N4. The van der Waals surface area contributed by atoms with Crippen LogP contribution in [-0.4, -0.2) is 16.5 Å². The van der Waals surface area contributed by atoms with Crippen molar-refractivity contribution in [1.82, 2.24) is 9.97 Å². The number of nitrogens with two attached hydrogens (primary N) is 1. The number of nitrogen functional groups attached to an aromatic ring is 1. The van der Waals surface area contributed by atoms with Gasteiger partial charge in [-0.2, -0.15) is 0 Å². The summed E-state index contributed by atoms with van der Waals surface area (Å²) >= 11 is 0. The highest BCUT2D eigenvalue weighted by Crippen LogP contribution is 2.30. The van der Waals surface area contributed by atoms with Gasteiger partial charge in [-0.3, -0.25) is 0 Å². The van der Waals surface area contributed by atoms with Gasteiger partial charge in [-0.1, -0.05) is 33.1 Å². The van der Waals surface area contributed by atoms with E-state index in [2.05, 4.69) is 29.1 Å². The SMILES string of the molecule is CCCc1nc(N)cc(NCCC2CCCC(C)C2)n1. The van der Waals surface area contributed by atoms with Crippen LogP contribution >= 0.6 is 0 Å². The molecule has 1 fully saturated rings. The Labute approximate surface area is 122 Å². The molecule has 4 heteroatoms. The molecule has 2 rings (SSSR count). The van der Waals surface area contributed by atoms with Crippen molar-refractivity contribution < 1.29 is 0 Å². The minimum Gasteiger partial charge on any atom is -0.384 e. The molecule has 1 aliphatic carbocycles. The number of hydrogen-bond acceptors (Lipinski definition) is 4. The largest absolute Gasteiger partial charge is 0.384 e. The fourth-order valence-corrected chi connectivity index (χ4v) is 3.17. The normalized spacial score (nSPS) is 22.7. The van der Waals surface area contributed by atoms with Crippen molar-refractivity contribution in [1.29, 1.82) is 0 Å². The second-order valence-corrected chi connectivity index (χ2v) is 6.20. The molecule has 1 saturated carbocycles. The Hall–Kier alpha value is -1.32. The summed E-state index contributed by atoms with van der Waals surface area (Å²) in [6, 6.07) is 1.84. The third-order valence-electron chi connectivity index (χ3n) is 4.17. The Morgan fingerprint density at radius 2 is 2.20 bits per heavy atom. The maximum atomic E-state index is 5.83. The maximum absolute atomic E-state index is 5.83. The Morgan fingerprint density at radius 3 is 2.95 bits per heavy atom. The summed E-state index contributed by atoms with van der Waals surface area (Å²) in [5.41, 5.74) is 5.83. The van der Waals surface area contributed by atoms with E-state index in [0.29, 0.717) is 5.82 Å². The zero-order valence-corrected chi connectivity index (χ0v) is 12.9. The number of aromatic nitrogens is 2. The molecule has 112 valence electrons.